The Kier molecular flexibility index (Phi) is 5.41. The van der Waals surface area contributed by atoms with Gasteiger partial charge in [-0.2, -0.15) is 0 Å². The number of aliphatic hydroxyl groups is 1. The van der Waals surface area contributed by atoms with E-state index in [1.165, 1.54) is 0 Å². The molecule has 2 N–H and O–H groups in total. The van der Waals surface area contributed by atoms with E-state index in [1.807, 2.05) is 0 Å². The molecule has 1 atom stereocenters. The van der Waals surface area contributed by atoms with Gasteiger partial charge in [0.2, 0.25) is 0 Å². The second kappa shape index (κ2) is 5.49. The van der Waals surface area contributed by atoms with Gasteiger partial charge in [0.25, 0.3) is 0 Å². The van der Waals surface area contributed by atoms with Crippen molar-refractivity contribution in [3.8, 4) is 0 Å². The van der Waals surface area contributed by atoms with Crippen molar-refractivity contribution in [2.45, 2.75) is 6.23 Å². The second-order valence-corrected chi connectivity index (χ2v) is 2.34. The summed E-state index contributed by atoms with van der Waals surface area (Å²) >= 11 is 0. The molecule has 1 aliphatic rings. The topological polar surface area (TPSA) is 52.6 Å². The smallest absolute Gasteiger partial charge is 0.164 e. The molecule has 0 radical (unpaired) electrons. The van der Waals surface area contributed by atoms with Gasteiger partial charge in [0.15, 0.2) is 12.5 Å². The van der Waals surface area contributed by atoms with Gasteiger partial charge in [-0.3, -0.25) is 9.69 Å². The standard InChI is InChI=1S/C6H12N2O2.ClH/c9-5-6(10)8-3-1-7-2-4-8;/h5-7,10H,1-4H2;1H. The molecule has 0 aromatic heterocycles. The minimum absolute atomic E-state index is 0. The summed E-state index contributed by atoms with van der Waals surface area (Å²) in [6.45, 7) is 3.20. The van der Waals surface area contributed by atoms with Gasteiger partial charge in [-0.05, 0) is 0 Å². The molecule has 1 fully saturated rings. The lowest BCUT2D eigenvalue weighted by molar-refractivity contribution is -0.124. The highest BCUT2D eigenvalue weighted by molar-refractivity contribution is 5.85. The molecule has 1 unspecified atom stereocenters. The first-order valence-electron chi connectivity index (χ1n) is 3.42. The Morgan fingerprint density at radius 1 is 1.45 bits per heavy atom. The van der Waals surface area contributed by atoms with Gasteiger partial charge in [-0.15, -0.1) is 12.4 Å². The predicted octanol–water partition coefficient (Wildman–Crippen LogP) is -1.17. The van der Waals surface area contributed by atoms with Crippen LogP contribution in [-0.4, -0.2) is 48.7 Å². The summed E-state index contributed by atoms with van der Waals surface area (Å²) in [4.78, 5) is 11.8. The Morgan fingerprint density at radius 2 is 2.00 bits per heavy atom. The first-order chi connectivity index (χ1) is 4.84. The van der Waals surface area contributed by atoms with Crippen LogP contribution in [0.3, 0.4) is 0 Å². The summed E-state index contributed by atoms with van der Waals surface area (Å²) in [7, 11) is 0. The molecular weight excluding hydrogens is 168 g/mol. The largest absolute Gasteiger partial charge is 0.371 e. The van der Waals surface area contributed by atoms with E-state index < -0.39 is 6.23 Å². The zero-order valence-corrected chi connectivity index (χ0v) is 7.01. The summed E-state index contributed by atoms with van der Waals surface area (Å²) in [5, 5.41) is 12.1. The average Bonchev–Trinajstić information content (AvgIpc) is 2.05. The van der Waals surface area contributed by atoms with Crippen molar-refractivity contribution in [2.24, 2.45) is 0 Å². The quantitative estimate of drug-likeness (QED) is 0.526. The average molecular weight is 181 g/mol. The number of carbonyl (C=O) groups is 1. The van der Waals surface area contributed by atoms with Crippen LogP contribution in [0.25, 0.3) is 0 Å². The number of aldehydes is 1. The van der Waals surface area contributed by atoms with E-state index in [4.69, 9.17) is 5.11 Å². The molecule has 0 spiro atoms. The number of halogens is 1. The molecule has 1 aliphatic heterocycles. The van der Waals surface area contributed by atoms with Crippen molar-refractivity contribution in [3.63, 3.8) is 0 Å². The summed E-state index contributed by atoms with van der Waals surface area (Å²) in [6, 6.07) is 0. The summed E-state index contributed by atoms with van der Waals surface area (Å²) in [5.74, 6) is 0. The summed E-state index contributed by atoms with van der Waals surface area (Å²) in [5.41, 5.74) is 0. The molecule has 4 nitrogen and oxygen atoms in total. The van der Waals surface area contributed by atoms with E-state index in [9.17, 15) is 4.79 Å². The lowest BCUT2D eigenvalue weighted by Gasteiger charge is -2.28. The van der Waals surface area contributed by atoms with Gasteiger partial charge >= 0.3 is 0 Å². The lowest BCUT2D eigenvalue weighted by atomic mass is 10.3. The van der Waals surface area contributed by atoms with Gasteiger partial charge in [-0.1, -0.05) is 0 Å². The number of rotatable bonds is 2. The Hall–Kier alpha value is -0.160. The summed E-state index contributed by atoms with van der Waals surface area (Å²) < 4.78 is 0. The fourth-order valence-electron chi connectivity index (χ4n) is 1.03. The molecule has 1 saturated heterocycles. The number of nitrogens with one attached hydrogen (secondary N) is 1. The highest BCUT2D eigenvalue weighted by Crippen LogP contribution is 1.94. The predicted molar refractivity (Wildman–Crippen MR) is 43.8 cm³/mol. The van der Waals surface area contributed by atoms with Crippen LogP contribution in [0.4, 0.5) is 0 Å². The van der Waals surface area contributed by atoms with Crippen LogP contribution >= 0.6 is 12.4 Å². The van der Waals surface area contributed by atoms with Crippen LogP contribution in [0.1, 0.15) is 0 Å². The SMILES string of the molecule is Cl.O=CC(O)N1CCNCC1. The number of nitrogens with zero attached hydrogens (tertiary/aromatic N) is 1. The van der Waals surface area contributed by atoms with E-state index in [2.05, 4.69) is 5.32 Å². The maximum Gasteiger partial charge on any atom is 0.164 e. The third kappa shape index (κ3) is 3.16. The van der Waals surface area contributed by atoms with E-state index in [0.717, 1.165) is 26.2 Å². The first kappa shape index (κ1) is 10.8. The van der Waals surface area contributed by atoms with E-state index >= 15 is 0 Å². The van der Waals surface area contributed by atoms with Crippen LogP contribution in [0.2, 0.25) is 0 Å². The number of piperazine rings is 1. The van der Waals surface area contributed by atoms with Crippen molar-refractivity contribution in [1.29, 1.82) is 0 Å². The molecule has 1 rings (SSSR count). The maximum atomic E-state index is 10.1. The van der Waals surface area contributed by atoms with Crippen LogP contribution in [-0.2, 0) is 4.79 Å². The van der Waals surface area contributed by atoms with Crippen molar-refractivity contribution in [2.75, 3.05) is 26.2 Å². The first-order valence-corrected chi connectivity index (χ1v) is 3.42. The Morgan fingerprint density at radius 3 is 2.45 bits per heavy atom. The number of carbonyl (C=O) groups excluding carboxylic acids is 1. The van der Waals surface area contributed by atoms with Crippen molar-refractivity contribution in [3.05, 3.63) is 0 Å². The van der Waals surface area contributed by atoms with Crippen molar-refractivity contribution in [1.82, 2.24) is 10.2 Å². The normalized spacial score (nSPS) is 21.9. The van der Waals surface area contributed by atoms with Crippen LogP contribution in [0.5, 0.6) is 0 Å². The Balaban J connectivity index is 0.000001000. The molecular formula is C6H13ClN2O2. The molecule has 0 aromatic rings. The zero-order valence-electron chi connectivity index (χ0n) is 6.19. The second-order valence-electron chi connectivity index (χ2n) is 2.34. The molecule has 0 aliphatic carbocycles. The molecule has 0 saturated carbocycles. The highest BCUT2D eigenvalue weighted by Gasteiger charge is 2.15. The highest BCUT2D eigenvalue weighted by atomic mass is 35.5. The Labute approximate surface area is 72.0 Å². The van der Waals surface area contributed by atoms with E-state index in [0.29, 0.717) is 6.29 Å². The van der Waals surface area contributed by atoms with Gasteiger partial charge in [-0.25, -0.2) is 0 Å². The van der Waals surface area contributed by atoms with E-state index in [-0.39, 0.29) is 12.4 Å². The maximum absolute atomic E-state index is 10.1. The number of hydrogen-bond donors (Lipinski definition) is 2. The molecule has 0 aromatic carbocycles. The van der Waals surface area contributed by atoms with Gasteiger partial charge < -0.3 is 10.4 Å². The lowest BCUT2D eigenvalue weighted by Crippen LogP contribution is -2.48. The molecule has 0 bridgehead atoms. The third-order valence-corrected chi connectivity index (χ3v) is 1.65. The fourth-order valence-corrected chi connectivity index (χ4v) is 1.03. The number of aliphatic hydroxyl groups excluding tert-OH is 1. The van der Waals surface area contributed by atoms with Gasteiger partial charge in [0.1, 0.15) is 0 Å². The molecule has 11 heavy (non-hydrogen) atoms. The molecule has 5 heteroatoms. The van der Waals surface area contributed by atoms with Crippen LogP contribution < -0.4 is 5.32 Å². The summed E-state index contributed by atoms with van der Waals surface area (Å²) in [6.07, 6.45) is -0.340. The van der Waals surface area contributed by atoms with E-state index in [1.54, 1.807) is 4.90 Å². The van der Waals surface area contributed by atoms with Gasteiger partial charge in [0, 0.05) is 26.2 Å². The van der Waals surface area contributed by atoms with Crippen LogP contribution in [0.15, 0.2) is 0 Å². The zero-order chi connectivity index (χ0) is 7.40. The minimum atomic E-state index is -0.901. The van der Waals surface area contributed by atoms with Crippen LogP contribution in [0, 0.1) is 0 Å². The molecule has 66 valence electrons. The molecule has 0 amide bonds. The van der Waals surface area contributed by atoms with Crippen molar-refractivity contribution < 1.29 is 9.90 Å². The monoisotopic (exact) mass is 180 g/mol. The van der Waals surface area contributed by atoms with Crippen molar-refractivity contribution >= 4 is 18.7 Å². The van der Waals surface area contributed by atoms with Gasteiger partial charge in [0.05, 0.1) is 0 Å². The number of hydrogen-bond acceptors (Lipinski definition) is 4. The molecule has 1 heterocycles. The minimum Gasteiger partial charge on any atom is -0.371 e. The third-order valence-electron chi connectivity index (χ3n) is 1.65. The Bertz CT molecular complexity index is 117. The fraction of sp³-hybridized carbons (Fsp3) is 0.833.